The lowest BCUT2D eigenvalue weighted by atomic mass is 9.92. The van der Waals surface area contributed by atoms with Crippen LogP contribution in [-0.2, 0) is 14.8 Å². The molecular weight excluding hydrogens is 326 g/mol. The molecule has 1 atom stereocenters. The van der Waals surface area contributed by atoms with E-state index in [2.05, 4.69) is 15.4 Å². The fourth-order valence-corrected chi connectivity index (χ4v) is 4.23. The summed E-state index contributed by atoms with van der Waals surface area (Å²) >= 11 is 0. The van der Waals surface area contributed by atoms with E-state index in [1.165, 1.54) is 0 Å². The summed E-state index contributed by atoms with van der Waals surface area (Å²) in [5.41, 5.74) is 2.27. The van der Waals surface area contributed by atoms with Gasteiger partial charge in [0.05, 0.1) is 11.4 Å². The minimum Gasteiger partial charge on any atom is -0.326 e. The van der Waals surface area contributed by atoms with Crippen LogP contribution >= 0.6 is 0 Å². The fraction of sp³-hybridized carbons (Fsp3) is 0.588. The maximum atomic E-state index is 12.5. The van der Waals surface area contributed by atoms with Crippen molar-refractivity contribution in [2.75, 3.05) is 28.9 Å². The van der Waals surface area contributed by atoms with Crippen molar-refractivity contribution < 1.29 is 13.2 Å². The number of nitrogens with one attached hydrogen (secondary N) is 3. The van der Waals surface area contributed by atoms with Gasteiger partial charge in [-0.05, 0) is 75.4 Å². The standard InChI is InChI=1S/C17H25N3O3S/c1-3-24(22,23)20-15-5-4-13(10-12(15)2)19-16(21)14-11-17(14)6-8-18-9-7-17/h4-5,10,14,18,20H,3,6-9,11H2,1-2H3,(H,19,21). The molecule has 6 nitrogen and oxygen atoms in total. The van der Waals surface area contributed by atoms with Crippen molar-refractivity contribution in [3.63, 3.8) is 0 Å². The van der Waals surface area contributed by atoms with Gasteiger partial charge < -0.3 is 10.6 Å². The summed E-state index contributed by atoms with van der Waals surface area (Å²) < 4.78 is 25.9. The average molecular weight is 351 g/mol. The van der Waals surface area contributed by atoms with Crippen LogP contribution in [0.5, 0.6) is 0 Å². The van der Waals surface area contributed by atoms with Gasteiger partial charge in [-0.3, -0.25) is 9.52 Å². The maximum Gasteiger partial charge on any atom is 0.232 e. The summed E-state index contributed by atoms with van der Waals surface area (Å²) in [4.78, 5) is 12.5. The van der Waals surface area contributed by atoms with E-state index in [1.807, 2.05) is 13.0 Å². The Balaban J connectivity index is 1.64. The number of hydrogen-bond acceptors (Lipinski definition) is 4. The van der Waals surface area contributed by atoms with E-state index in [-0.39, 0.29) is 23.0 Å². The quantitative estimate of drug-likeness (QED) is 0.758. The molecule has 1 unspecified atom stereocenters. The predicted molar refractivity (Wildman–Crippen MR) is 95.5 cm³/mol. The lowest BCUT2D eigenvalue weighted by Crippen LogP contribution is -2.31. The van der Waals surface area contributed by atoms with Crippen molar-refractivity contribution in [2.24, 2.45) is 11.3 Å². The molecule has 1 spiro atoms. The molecule has 0 aromatic heterocycles. The zero-order chi connectivity index (χ0) is 17.4. The number of benzene rings is 1. The van der Waals surface area contributed by atoms with Crippen LogP contribution in [0.1, 0.15) is 31.7 Å². The van der Waals surface area contributed by atoms with Crippen molar-refractivity contribution >= 4 is 27.3 Å². The van der Waals surface area contributed by atoms with Gasteiger partial charge in [-0.2, -0.15) is 0 Å². The largest absolute Gasteiger partial charge is 0.326 e. The van der Waals surface area contributed by atoms with Crippen LogP contribution in [-0.4, -0.2) is 33.2 Å². The molecule has 0 radical (unpaired) electrons. The van der Waals surface area contributed by atoms with Crippen LogP contribution in [0.15, 0.2) is 18.2 Å². The molecule has 1 saturated heterocycles. The minimum absolute atomic E-state index is 0.0313. The zero-order valence-electron chi connectivity index (χ0n) is 14.2. The number of anilines is 2. The monoisotopic (exact) mass is 351 g/mol. The molecule has 0 bridgehead atoms. The number of piperidine rings is 1. The van der Waals surface area contributed by atoms with Gasteiger partial charge in [-0.25, -0.2) is 8.42 Å². The Kier molecular flexibility index (Phi) is 4.57. The first-order valence-corrected chi connectivity index (χ1v) is 10.1. The summed E-state index contributed by atoms with van der Waals surface area (Å²) in [5, 5.41) is 6.32. The second-order valence-electron chi connectivity index (χ2n) is 6.89. The molecule has 7 heteroatoms. The van der Waals surface area contributed by atoms with E-state index in [1.54, 1.807) is 19.1 Å². The summed E-state index contributed by atoms with van der Waals surface area (Å²) in [6.45, 7) is 5.41. The van der Waals surface area contributed by atoms with Gasteiger partial charge in [0.2, 0.25) is 15.9 Å². The van der Waals surface area contributed by atoms with E-state index < -0.39 is 10.0 Å². The van der Waals surface area contributed by atoms with Gasteiger partial charge in [0.1, 0.15) is 0 Å². The van der Waals surface area contributed by atoms with Crippen LogP contribution in [0.3, 0.4) is 0 Å². The summed E-state index contributed by atoms with van der Waals surface area (Å²) in [7, 11) is -3.30. The molecule has 2 fully saturated rings. The molecule has 1 amide bonds. The summed E-state index contributed by atoms with van der Waals surface area (Å²) in [6.07, 6.45) is 3.12. The Morgan fingerprint density at radius 2 is 2.04 bits per heavy atom. The van der Waals surface area contributed by atoms with E-state index in [0.29, 0.717) is 11.4 Å². The van der Waals surface area contributed by atoms with Gasteiger partial charge in [-0.1, -0.05) is 0 Å². The number of rotatable bonds is 5. The molecule has 1 aromatic carbocycles. The third kappa shape index (κ3) is 3.57. The maximum absolute atomic E-state index is 12.5. The average Bonchev–Trinajstić information content (AvgIpc) is 3.24. The third-order valence-electron chi connectivity index (χ3n) is 5.24. The van der Waals surface area contributed by atoms with E-state index in [4.69, 9.17) is 0 Å². The highest BCUT2D eigenvalue weighted by Gasteiger charge is 2.57. The Morgan fingerprint density at radius 3 is 2.67 bits per heavy atom. The normalized spacial score (nSPS) is 22.2. The summed E-state index contributed by atoms with van der Waals surface area (Å²) in [6, 6.07) is 5.25. The Hall–Kier alpha value is -1.60. The van der Waals surface area contributed by atoms with Gasteiger partial charge >= 0.3 is 0 Å². The topological polar surface area (TPSA) is 87.3 Å². The molecule has 24 heavy (non-hydrogen) atoms. The molecular formula is C17H25N3O3S. The van der Waals surface area contributed by atoms with Crippen LogP contribution in [0.25, 0.3) is 0 Å². The van der Waals surface area contributed by atoms with Gasteiger partial charge in [0, 0.05) is 11.6 Å². The zero-order valence-corrected chi connectivity index (χ0v) is 15.0. The molecule has 1 aliphatic heterocycles. The molecule has 1 aliphatic carbocycles. The van der Waals surface area contributed by atoms with E-state index in [9.17, 15) is 13.2 Å². The van der Waals surface area contributed by atoms with Crippen LogP contribution in [0.2, 0.25) is 0 Å². The molecule has 1 heterocycles. The number of sulfonamides is 1. The lowest BCUT2D eigenvalue weighted by molar-refractivity contribution is -0.118. The smallest absolute Gasteiger partial charge is 0.232 e. The first kappa shape index (κ1) is 17.2. The van der Waals surface area contributed by atoms with Gasteiger partial charge in [-0.15, -0.1) is 0 Å². The second-order valence-corrected chi connectivity index (χ2v) is 8.90. The molecule has 1 saturated carbocycles. The highest BCUT2D eigenvalue weighted by atomic mass is 32.2. The third-order valence-corrected chi connectivity index (χ3v) is 6.54. The van der Waals surface area contributed by atoms with Crippen molar-refractivity contribution in [2.45, 2.75) is 33.1 Å². The van der Waals surface area contributed by atoms with E-state index >= 15 is 0 Å². The number of carbonyl (C=O) groups is 1. The lowest BCUT2D eigenvalue weighted by Gasteiger charge is -2.23. The van der Waals surface area contributed by atoms with Crippen LogP contribution < -0.4 is 15.4 Å². The van der Waals surface area contributed by atoms with Gasteiger partial charge in [0.25, 0.3) is 0 Å². The minimum atomic E-state index is -3.30. The Morgan fingerprint density at radius 1 is 1.33 bits per heavy atom. The number of aryl methyl sites for hydroxylation is 1. The van der Waals surface area contributed by atoms with Crippen LogP contribution in [0.4, 0.5) is 11.4 Å². The first-order chi connectivity index (χ1) is 11.4. The molecule has 3 rings (SSSR count). The second kappa shape index (κ2) is 6.37. The van der Waals surface area contributed by atoms with Crippen LogP contribution in [0, 0.1) is 18.3 Å². The van der Waals surface area contributed by atoms with Crippen molar-refractivity contribution in [1.82, 2.24) is 5.32 Å². The molecule has 132 valence electrons. The Bertz CT molecular complexity index is 739. The van der Waals surface area contributed by atoms with Crippen molar-refractivity contribution in [1.29, 1.82) is 0 Å². The highest BCUT2D eigenvalue weighted by molar-refractivity contribution is 7.92. The predicted octanol–water partition coefficient (Wildman–Crippen LogP) is 2.08. The Labute approximate surface area is 143 Å². The fourth-order valence-electron chi connectivity index (χ4n) is 3.52. The van der Waals surface area contributed by atoms with Crippen molar-refractivity contribution in [3.8, 4) is 0 Å². The first-order valence-electron chi connectivity index (χ1n) is 8.48. The summed E-state index contributed by atoms with van der Waals surface area (Å²) in [5.74, 6) is 0.222. The molecule has 2 aliphatic rings. The van der Waals surface area contributed by atoms with Gasteiger partial charge in [0.15, 0.2) is 0 Å². The number of carbonyl (C=O) groups excluding carboxylic acids is 1. The molecule has 1 aromatic rings. The molecule has 3 N–H and O–H groups in total. The number of hydrogen-bond donors (Lipinski definition) is 3. The SMILES string of the molecule is CCS(=O)(=O)Nc1ccc(NC(=O)C2CC23CCNCC3)cc1C. The van der Waals surface area contributed by atoms with E-state index in [0.717, 1.165) is 37.9 Å². The van der Waals surface area contributed by atoms with Crippen molar-refractivity contribution in [3.05, 3.63) is 23.8 Å². The number of amides is 1. The highest BCUT2D eigenvalue weighted by Crippen LogP contribution is 2.58.